The van der Waals surface area contributed by atoms with Gasteiger partial charge in [0.05, 0.1) is 31.1 Å². The number of ether oxygens (including phenoxy) is 5. The average Bonchev–Trinajstić information content (AvgIpc) is 3.60. The van der Waals surface area contributed by atoms with Gasteiger partial charge in [-0.15, -0.1) is 10.2 Å². The van der Waals surface area contributed by atoms with Crippen LogP contribution in [-0.2, 0) is 44.7 Å². The monoisotopic (exact) mass is 678 g/mol. The lowest BCUT2D eigenvalue weighted by molar-refractivity contribution is -0.305. The Hall–Kier alpha value is -5.84. The van der Waals surface area contributed by atoms with Gasteiger partial charge in [-0.25, -0.2) is 0 Å². The van der Waals surface area contributed by atoms with Crippen molar-refractivity contribution in [2.75, 3.05) is 7.11 Å². The number of aromatic hydroxyl groups is 1. The quantitative estimate of drug-likeness (QED) is 0.130. The topological polar surface area (TPSA) is 204 Å². The number of esters is 3. The molecule has 1 fully saturated rings. The SMILES string of the molecule is COc1ccc(N=Nc2c(O)n(Cc3cn(O[C@@H]4O[C@H](CC(C)=O)[C@@H](OC(C)=O)[C@H](OC(C)=O)[C@H]4OC(C)=O)nn3)c3ccccc23)cc1. The summed E-state index contributed by atoms with van der Waals surface area (Å²) in [6.45, 7) is 4.70. The van der Waals surface area contributed by atoms with Gasteiger partial charge in [0, 0.05) is 32.6 Å². The van der Waals surface area contributed by atoms with Gasteiger partial charge >= 0.3 is 17.9 Å². The number of carbonyl (C=O) groups is 4. The normalized spacial score (nSPS) is 20.6. The predicted octanol–water partition coefficient (Wildman–Crippen LogP) is 3.34. The summed E-state index contributed by atoms with van der Waals surface area (Å²) in [6, 6.07) is 14.1. The molecule has 0 saturated carbocycles. The summed E-state index contributed by atoms with van der Waals surface area (Å²) in [6.07, 6.45) is -5.64. The number of benzene rings is 2. The van der Waals surface area contributed by atoms with Gasteiger partial charge < -0.3 is 38.2 Å². The van der Waals surface area contributed by atoms with Gasteiger partial charge in [0.15, 0.2) is 17.9 Å². The number of azo groups is 1. The Kier molecular flexibility index (Phi) is 10.5. The zero-order valence-electron chi connectivity index (χ0n) is 27.2. The summed E-state index contributed by atoms with van der Waals surface area (Å²) in [7, 11) is 1.56. The predicted molar refractivity (Wildman–Crippen MR) is 167 cm³/mol. The van der Waals surface area contributed by atoms with E-state index in [1.807, 2.05) is 0 Å². The smallest absolute Gasteiger partial charge is 0.303 e. The number of hydrogen-bond acceptors (Lipinski definition) is 15. The summed E-state index contributed by atoms with van der Waals surface area (Å²) in [5, 5.41) is 28.6. The fraction of sp³-hybridized carbons (Fsp3) is 0.375. The molecule has 4 aromatic rings. The van der Waals surface area contributed by atoms with E-state index in [1.54, 1.807) is 60.2 Å². The Morgan fingerprint density at radius 1 is 0.878 bits per heavy atom. The highest BCUT2D eigenvalue weighted by Gasteiger charge is 2.53. The van der Waals surface area contributed by atoms with E-state index in [2.05, 4.69) is 20.5 Å². The van der Waals surface area contributed by atoms with E-state index >= 15 is 0 Å². The van der Waals surface area contributed by atoms with Crippen molar-refractivity contribution in [2.45, 2.75) is 71.4 Å². The minimum Gasteiger partial charge on any atom is -0.497 e. The number of aromatic nitrogens is 4. The van der Waals surface area contributed by atoms with E-state index in [-0.39, 0.29) is 30.3 Å². The molecule has 0 spiro atoms. The van der Waals surface area contributed by atoms with Crippen LogP contribution in [0.5, 0.6) is 11.6 Å². The molecular formula is C32H34N6O11. The molecule has 1 saturated heterocycles. The van der Waals surface area contributed by atoms with Gasteiger partial charge in [0.2, 0.25) is 12.0 Å². The first-order chi connectivity index (χ1) is 23.4. The number of carbonyl (C=O) groups excluding carboxylic acids is 4. The first-order valence-corrected chi connectivity index (χ1v) is 15.0. The maximum atomic E-state index is 12.1. The maximum absolute atomic E-state index is 12.1. The van der Waals surface area contributed by atoms with Crippen LogP contribution in [0.15, 0.2) is 65.0 Å². The second-order valence-corrected chi connectivity index (χ2v) is 11.1. The Morgan fingerprint density at radius 3 is 2.18 bits per heavy atom. The van der Waals surface area contributed by atoms with E-state index in [0.717, 1.165) is 25.6 Å². The summed E-state index contributed by atoms with van der Waals surface area (Å²) in [5.41, 5.74) is 1.75. The molecule has 5 atom stereocenters. The van der Waals surface area contributed by atoms with Gasteiger partial charge in [-0.05, 0) is 42.5 Å². The van der Waals surface area contributed by atoms with Crippen molar-refractivity contribution >= 4 is 46.0 Å². The molecule has 0 amide bonds. The first kappa shape index (κ1) is 34.5. The third-order valence-corrected chi connectivity index (χ3v) is 7.29. The van der Waals surface area contributed by atoms with Crippen molar-refractivity contribution in [1.29, 1.82) is 0 Å². The highest BCUT2D eigenvalue weighted by molar-refractivity contribution is 5.95. The molecule has 3 heterocycles. The second kappa shape index (κ2) is 14.9. The molecular weight excluding hydrogens is 644 g/mol. The van der Waals surface area contributed by atoms with Crippen LogP contribution in [0.1, 0.15) is 39.8 Å². The summed E-state index contributed by atoms with van der Waals surface area (Å²) >= 11 is 0. The van der Waals surface area contributed by atoms with Crippen LogP contribution in [-0.4, -0.2) is 86.3 Å². The maximum Gasteiger partial charge on any atom is 0.303 e. The van der Waals surface area contributed by atoms with Gasteiger partial charge in [-0.3, -0.25) is 19.2 Å². The minimum atomic E-state index is -1.50. The van der Waals surface area contributed by atoms with Crippen LogP contribution < -0.4 is 9.57 Å². The largest absolute Gasteiger partial charge is 0.497 e. The lowest BCUT2D eigenvalue weighted by atomic mass is 9.95. The highest BCUT2D eigenvalue weighted by atomic mass is 16.8. The fourth-order valence-electron chi connectivity index (χ4n) is 5.35. The van der Waals surface area contributed by atoms with E-state index in [0.29, 0.717) is 28.0 Å². The van der Waals surface area contributed by atoms with Crippen molar-refractivity contribution in [3.05, 3.63) is 60.4 Å². The molecule has 258 valence electrons. The van der Waals surface area contributed by atoms with Crippen LogP contribution in [0.25, 0.3) is 10.9 Å². The Labute approximate surface area is 279 Å². The molecule has 17 heteroatoms. The molecule has 0 unspecified atom stereocenters. The minimum absolute atomic E-state index is 0.0181. The standard InChI is InChI=1S/C32H34N6O11/c1-17(39)14-26-28(45-18(2)40)29(46-19(3)41)30(47-20(4)42)32(48-26)49-38-16-22(34-36-38)15-37-25-9-7-6-8-24(25)27(31(37)43)35-33-21-10-12-23(44-5)13-11-21/h6-13,16,26,28-30,32,43H,14-15H2,1-5H3/t26-,28-,29+,30-,32+/m1/s1. The Bertz CT molecular complexity index is 1870. The fourth-order valence-corrected chi connectivity index (χ4v) is 5.35. The molecule has 2 aromatic carbocycles. The van der Waals surface area contributed by atoms with Crippen LogP contribution in [0.4, 0.5) is 11.4 Å². The molecule has 5 rings (SSSR count). The van der Waals surface area contributed by atoms with E-state index < -0.39 is 48.6 Å². The van der Waals surface area contributed by atoms with Crippen LogP contribution in [0.2, 0.25) is 0 Å². The van der Waals surface area contributed by atoms with E-state index in [4.69, 9.17) is 28.5 Å². The van der Waals surface area contributed by atoms with Crippen LogP contribution in [0, 0.1) is 0 Å². The average molecular weight is 679 g/mol. The zero-order valence-corrected chi connectivity index (χ0v) is 27.2. The van der Waals surface area contributed by atoms with E-state index in [1.165, 1.54) is 13.1 Å². The van der Waals surface area contributed by atoms with Crippen LogP contribution >= 0.6 is 0 Å². The molecule has 0 radical (unpaired) electrons. The third-order valence-electron chi connectivity index (χ3n) is 7.29. The molecule has 1 aliphatic heterocycles. The van der Waals surface area contributed by atoms with Gasteiger partial charge in [-0.2, -0.15) is 5.11 Å². The molecule has 0 aliphatic carbocycles. The van der Waals surface area contributed by atoms with Crippen molar-refractivity contribution in [3.8, 4) is 11.6 Å². The third kappa shape index (κ3) is 8.18. The van der Waals surface area contributed by atoms with Crippen molar-refractivity contribution < 1.29 is 52.8 Å². The van der Waals surface area contributed by atoms with Crippen molar-refractivity contribution in [2.24, 2.45) is 10.2 Å². The summed E-state index contributed by atoms with van der Waals surface area (Å²) in [4.78, 5) is 55.1. The number of methoxy groups -OCH3 is 1. The van der Waals surface area contributed by atoms with Gasteiger partial charge in [0.25, 0.3) is 6.29 Å². The van der Waals surface area contributed by atoms with Gasteiger partial charge in [0.1, 0.15) is 23.3 Å². The summed E-state index contributed by atoms with van der Waals surface area (Å²) in [5.74, 6) is -2.12. The molecule has 1 aliphatic rings. The van der Waals surface area contributed by atoms with Gasteiger partial charge in [-0.1, -0.05) is 23.0 Å². The number of Topliss-reactive ketones (excluding diaryl/α,β-unsaturated/α-hetero) is 1. The number of para-hydroxylation sites is 1. The molecule has 0 bridgehead atoms. The van der Waals surface area contributed by atoms with Crippen molar-refractivity contribution in [3.63, 3.8) is 0 Å². The lowest BCUT2D eigenvalue weighted by Crippen LogP contribution is -2.63. The molecule has 2 aromatic heterocycles. The Balaban J connectivity index is 1.42. The lowest BCUT2D eigenvalue weighted by Gasteiger charge is -2.43. The first-order valence-electron chi connectivity index (χ1n) is 15.0. The summed E-state index contributed by atoms with van der Waals surface area (Å²) < 4.78 is 28.9. The zero-order chi connectivity index (χ0) is 35.2. The Morgan fingerprint density at radius 2 is 1.53 bits per heavy atom. The molecule has 17 nitrogen and oxygen atoms in total. The number of ketones is 1. The van der Waals surface area contributed by atoms with Crippen molar-refractivity contribution in [1.82, 2.24) is 19.7 Å². The molecule has 1 N–H and O–H groups in total. The second-order valence-electron chi connectivity index (χ2n) is 11.1. The van der Waals surface area contributed by atoms with E-state index in [9.17, 15) is 24.3 Å². The number of nitrogens with zero attached hydrogens (tertiary/aromatic N) is 6. The number of hydrogen-bond donors (Lipinski definition) is 1. The highest BCUT2D eigenvalue weighted by Crippen LogP contribution is 2.40. The number of rotatable bonds is 12. The van der Waals surface area contributed by atoms with Crippen LogP contribution in [0.3, 0.4) is 0 Å². The molecule has 49 heavy (non-hydrogen) atoms. The number of fused-ring (bicyclic) bond motifs is 1.